The zero-order chi connectivity index (χ0) is 22.9. The van der Waals surface area contributed by atoms with Crippen LogP contribution >= 0.6 is 11.6 Å². The highest BCUT2D eigenvalue weighted by Gasteiger charge is 2.38. The summed E-state index contributed by atoms with van der Waals surface area (Å²) in [7, 11) is 0. The zero-order valence-electron chi connectivity index (χ0n) is 18.0. The van der Waals surface area contributed by atoms with Crippen LogP contribution in [0.4, 0.5) is 19.0 Å². The summed E-state index contributed by atoms with van der Waals surface area (Å²) in [4.78, 5) is 21.3. The van der Waals surface area contributed by atoms with Gasteiger partial charge < -0.3 is 9.80 Å². The van der Waals surface area contributed by atoms with E-state index in [1.165, 1.54) is 0 Å². The fourth-order valence-corrected chi connectivity index (χ4v) is 4.71. The normalized spacial score (nSPS) is 18.5. The van der Waals surface area contributed by atoms with Gasteiger partial charge in [0.2, 0.25) is 5.91 Å². The Balaban J connectivity index is 1.42. The van der Waals surface area contributed by atoms with Crippen molar-refractivity contribution in [3.8, 4) is 0 Å². The fraction of sp³-hybridized carbons (Fsp3) is 0.500. The number of rotatable bonds is 6. The lowest BCUT2D eigenvalue weighted by atomic mass is 9.94. The summed E-state index contributed by atoms with van der Waals surface area (Å²) in [6, 6.07) is 11.1. The van der Waals surface area contributed by atoms with Crippen LogP contribution in [0.5, 0.6) is 0 Å². The third-order valence-electron chi connectivity index (χ3n) is 6.57. The van der Waals surface area contributed by atoms with Gasteiger partial charge in [0.05, 0.1) is 10.6 Å². The first-order valence-corrected chi connectivity index (χ1v) is 11.4. The number of anilines is 1. The van der Waals surface area contributed by atoms with Crippen molar-refractivity contribution >= 4 is 23.3 Å². The van der Waals surface area contributed by atoms with E-state index >= 15 is 0 Å². The molecule has 32 heavy (non-hydrogen) atoms. The third-order valence-corrected chi connectivity index (χ3v) is 6.85. The maximum atomic E-state index is 13.5. The molecule has 1 saturated heterocycles. The SMILES string of the molecule is CC(C1CC1)N(Cc1ccccc1)C(=O)C1CCN(c2ncc(C(F)(F)F)cc2Cl)CC1. The first-order valence-electron chi connectivity index (χ1n) is 11.1. The number of carbonyl (C=O) groups is 1. The van der Waals surface area contributed by atoms with E-state index in [9.17, 15) is 18.0 Å². The Bertz CT molecular complexity index is 941. The predicted octanol–water partition coefficient (Wildman–Crippen LogP) is 5.80. The van der Waals surface area contributed by atoms with E-state index in [2.05, 4.69) is 11.9 Å². The number of hydrogen-bond donors (Lipinski definition) is 0. The van der Waals surface area contributed by atoms with E-state index in [-0.39, 0.29) is 22.9 Å². The van der Waals surface area contributed by atoms with E-state index in [0.29, 0.717) is 44.2 Å². The molecule has 2 aromatic rings. The van der Waals surface area contributed by atoms with Gasteiger partial charge in [0, 0.05) is 37.8 Å². The maximum Gasteiger partial charge on any atom is 0.417 e. The average molecular weight is 466 g/mol. The topological polar surface area (TPSA) is 36.4 Å². The molecule has 1 aliphatic heterocycles. The van der Waals surface area contributed by atoms with Gasteiger partial charge in [-0.3, -0.25) is 4.79 Å². The summed E-state index contributed by atoms with van der Waals surface area (Å²) < 4.78 is 38.7. The lowest BCUT2D eigenvalue weighted by molar-refractivity contribution is -0.139. The molecule has 0 bridgehead atoms. The highest BCUT2D eigenvalue weighted by molar-refractivity contribution is 6.33. The van der Waals surface area contributed by atoms with Gasteiger partial charge in [-0.2, -0.15) is 13.2 Å². The van der Waals surface area contributed by atoms with Gasteiger partial charge in [0.25, 0.3) is 0 Å². The quantitative estimate of drug-likeness (QED) is 0.541. The molecule has 172 valence electrons. The molecule has 1 amide bonds. The number of benzene rings is 1. The summed E-state index contributed by atoms with van der Waals surface area (Å²) in [5, 5.41) is -0.0161. The van der Waals surface area contributed by atoms with Crippen molar-refractivity contribution in [3.05, 3.63) is 58.7 Å². The maximum absolute atomic E-state index is 13.5. The second kappa shape index (κ2) is 9.30. The number of piperidine rings is 1. The van der Waals surface area contributed by atoms with E-state index in [1.54, 1.807) is 0 Å². The van der Waals surface area contributed by atoms with Crippen molar-refractivity contribution in [2.45, 2.75) is 51.4 Å². The highest BCUT2D eigenvalue weighted by atomic mass is 35.5. The predicted molar refractivity (Wildman–Crippen MR) is 118 cm³/mol. The monoisotopic (exact) mass is 465 g/mol. The molecule has 4 rings (SSSR count). The van der Waals surface area contributed by atoms with Crippen LogP contribution in [0.25, 0.3) is 0 Å². The number of halogens is 4. The van der Waals surface area contributed by atoms with Gasteiger partial charge in [0.15, 0.2) is 0 Å². The second-order valence-electron chi connectivity index (χ2n) is 8.82. The molecule has 0 spiro atoms. The van der Waals surface area contributed by atoms with Crippen LogP contribution in [0.1, 0.15) is 43.7 Å². The number of alkyl halides is 3. The zero-order valence-corrected chi connectivity index (χ0v) is 18.7. The minimum Gasteiger partial charge on any atom is -0.355 e. The Labute approximate surface area is 191 Å². The Kier molecular flexibility index (Phi) is 6.65. The van der Waals surface area contributed by atoms with Crippen LogP contribution in [-0.2, 0) is 17.5 Å². The van der Waals surface area contributed by atoms with E-state index in [0.717, 1.165) is 30.7 Å². The van der Waals surface area contributed by atoms with Gasteiger partial charge in [-0.1, -0.05) is 41.9 Å². The van der Waals surface area contributed by atoms with Crippen LogP contribution in [0.2, 0.25) is 5.02 Å². The number of pyridine rings is 1. The molecule has 4 nitrogen and oxygen atoms in total. The lowest BCUT2D eigenvalue weighted by Gasteiger charge is -2.37. The molecule has 2 heterocycles. The summed E-state index contributed by atoms with van der Waals surface area (Å²) >= 11 is 6.11. The average Bonchev–Trinajstić information content (AvgIpc) is 3.62. The van der Waals surface area contributed by atoms with Gasteiger partial charge in [-0.15, -0.1) is 0 Å². The number of hydrogen-bond acceptors (Lipinski definition) is 3. The van der Waals surface area contributed by atoms with Crippen molar-refractivity contribution in [1.82, 2.24) is 9.88 Å². The number of carbonyl (C=O) groups excluding carboxylic acids is 1. The molecule has 8 heteroatoms. The lowest BCUT2D eigenvalue weighted by Crippen LogP contribution is -2.46. The molecule has 1 aromatic heterocycles. The number of aromatic nitrogens is 1. The van der Waals surface area contributed by atoms with Crippen LogP contribution in [0, 0.1) is 11.8 Å². The largest absolute Gasteiger partial charge is 0.417 e. The molecule has 1 atom stereocenters. The molecular formula is C24H27ClF3N3O. The van der Waals surface area contributed by atoms with Crippen molar-refractivity contribution in [3.63, 3.8) is 0 Å². The number of nitrogens with zero attached hydrogens (tertiary/aromatic N) is 3. The Hall–Kier alpha value is -2.28. The minimum absolute atomic E-state index is 0.0161. The van der Waals surface area contributed by atoms with Gasteiger partial charge in [0.1, 0.15) is 5.82 Å². The van der Waals surface area contributed by atoms with Crippen LogP contribution in [0.15, 0.2) is 42.6 Å². The van der Waals surface area contributed by atoms with Crippen LogP contribution < -0.4 is 4.90 Å². The second-order valence-corrected chi connectivity index (χ2v) is 9.23. The van der Waals surface area contributed by atoms with Crippen LogP contribution in [0.3, 0.4) is 0 Å². The van der Waals surface area contributed by atoms with Crippen LogP contribution in [-0.4, -0.2) is 34.9 Å². The molecule has 1 unspecified atom stereocenters. The highest BCUT2D eigenvalue weighted by Crippen LogP contribution is 2.38. The first kappa shape index (κ1) is 22.9. The summed E-state index contributed by atoms with van der Waals surface area (Å²) in [6.45, 7) is 3.81. The molecule has 0 radical (unpaired) electrons. The first-order chi connectivity index (χ1) is 15.2. The molecule has 2 fully saturated rings. The molecule has 1 aliphatic carbocycles. The minimum atomic E-state index is -4.48. The van der Waals surface area contributed by atoms with E-state index in [4.69, 9.17) is 11.6 Å². The number of amides is 1. The molecule has 1 saturated carbocycles. The van der Waals surface area contributed by atoms with Crippen molar-refractivity contribution < 1.29 is 18.0 Å². The molecular weight excluding hydrogens is 439 g/mol. The van der Waals surface area contributed by atoms with Gasteiger partial charge in [-0.25, -0.2) is 4.98 Å². The summed E-state index contributed by atoms with van der Waals surface area (Å²) in [5.41, 5.74) is 0.258. The third kappa shape index (κ3) is 5.20. The Morgan fingerprint density at radius 2 is 1.84 bits per heavy atom. The standard InChI is InChI=1S/C24H27ClF3N3O/c1-16(18-7-8-18)31(15-17-5-3-2-4-6-17)23(32)19-9-11-30(12-10-19)22-21(25)13-20(14-29-22)24(26,27)28/h2-6,13-14,16,18-19H,7-12,15H2,1H3. The van der Waals surface area contributed by atoms with Crippen molar-refractivity contribution in [2.75, 3.05) is 18.0 Å². The van der Waals surface area contributed by atoms with Crippen molar-refractivity contribution in [2.24, 2.45) is 11.8 Å². The summed E-state index contributed by atoms with van der Waals surface area (Å²) in [5.74, 6) is 0.972. The Morgan fingerprint density at radius 1 is 1.19 bits per heavy atom. The van der Waals surface area contributed by atoms with Crippen molar-refractivity contribution in [1.29, 1.82) is 0 Å². The molecule has 1 aromatic carbocycles. The Morgan fingerprint density at radius 3 is 2.41 bits per heavy atom. The van der Waals surface area contributed by atoms with Gasteiger partial charge in [-0.05, 0) is 50.2 Å². The van der Waals surface area contributed by atoms with Gasteiger partial charge >= 0.3 is 6.18 Å². The van der Waals surface area contributed by atoms with E-state index < -0.39 is 11.7 Å². The fourth-order valence-electron chi connectivity index (χ4n) is 4.43. The molecule has 2 aliphatic rings. The smallest absolute Gasteiger partial charge is 0.355 e. The summed E-state index contributed by atoms with van der Waals surface area (Å²) in [6.07, 6.45) is -0.0833. The molecule has 0 N–H and O–H groups in total. The van der Waals surface area contributed by atoms with E-state index in [1.807, 2.05) is 40.1 Å².